The maximum absolute atomic E-state index is 14.2. The van der Waals surface area contributed by atoms with E-state index in [9.17, 15) is 14.0 Å². The summed E-state index contributed by atoms with van der Waals surface area (Å²) >= 11 is 0. The number of anilines is 1. The van der Waals surface area contributed by atoms with Crippen molar-refractivity contribution in [1.82, 2.24) is 9.78 Å². The third-order valence-electron chi connectivity index (χ3n) is 4.66. The maximum atomic E-state index is 14.2. The lowest BCUT2D eigenvalue weighted by atomic mass is 10.0. The Morgan fingerprint density at radius 1 is 0.933 bits per heavy atom. The summed E-state index contributed by atoms with van der Waals surface area (Å²) in [6, 6.07) is 24.2. The molecule has 1 amide bonds. The van der Waals surface area contributed by atoms with E-state index in [-0.39, 0.29) is 11.4 Å². The van der Waals surface area contributed by atoms with Gasteiger partial charge in [-0.2, -0.15) is 5.10 Å². The van der Waals surface area contributed by atoms with Gasteiger partial charge in [0, 0.05) is 23.0 Å². The van der Waals surface area contributed by atoms with E-state index in [0.717, 1.165) is 11.1 Å². The summed E-state index contributed by atoms with van der Waals surface area (Å²) in [5.74, 6) is -1.16. The van der Waals surface area contributed by atoms with E-state index in [2.05, 4.69) is 10.4 Å². The Morgan fingerprint density at radius 2 is 1.60 bits per heavy atom. The van der Waals surface area contributed by atoms with E-state index < -0.39 is 17.2 Å². The highest BCUT2D eigenvalue weighted by Gasteiger charge is 2.18. The monoisotopic (exact) mass is 399 g/mol. The van der Waals surface area contributed by atoms with E-state index >= 15 is 0 Å². The Kier molecular flexibility index (Phi) is 5.22. The average molecular weight is 399 g/mol. The number of carbonyl (C=O) groups is 1. The lowest BCUT2D eigenvalue weighted by molar-refractivity contribution is 0.101. The van der Waals surface area contributed by atoms with E-state index in [0.29, 0.717) is 11.4 Å². The summed E-state index contributed by atoms with van der Waals surface area (Å²) in [4.78, 5) is 25.4. The fourth-order valence-electron chi connectivity index (χ4n) is 3.22. The molecule has 0 aliphatic rings. The quantitative estimate of drug-likeness (QED) is 0.546. The number of para-hydroxylation sites is 2. The normalized spacial score (nSPS) is 10.6. The Balaban J connectivity index is 1.73. The molecule has 1 heterocycles. The number of hydrogen-bond donors (Lipinski definition) is 1. The summed E-state index contributed by atoms with van der Waals surface area (Å²) in [7, 11) is 0. The van der Waals surface area contributed by atoms with Crippen molar-refractivity contribution in [2.24, 2.45) is 0 Å². The van der Waals surface area contributed by atoms with Crippen LogP contribution in [0.4, 0.5) is 10.1 Å². The fraction of sp³-hybridized carbons (Fsp3) is 0.0417. The first-order valence-electron chi connectivity index (χ1n) is 9.36. The van der Waals surface area contributed by atoms with Gasteiger partial charge in [-0.3, -0.25) is 9.59 Å². The van der Waals surface area contributed by atoms with Gasteiger partial charge in [-0.1, -0.05) is 60.7 Å². The predicted octanol–water partition coefficient (Wildman–Crippen LogP) is 4.60. The van der Waals surface area contributed by atoms with Crippen LogP contribution in [-0.2, 0) is 0 Å². The van der Waals surface area contributed by atoms with Gasteiger partial charge >= 0.3 is 0 Å². The average Bonchev–Trinajstić information content (AvgIpc) is 2.75. The van der Waals surface area contributed by atoms with Crippen molar-refractivity contribution < 1.29 is 9.18 Å². The number of hydrogen-bond acceptors (Lipinski definition) is 3. The molecule has 0 saturated carbocycles. The first kappa shape index (κ1) is 19.3. The zero-order chi connectivity index (χ0) is 21.1. The Hall–Kier alpha value is -4.06. The third kappa shape index (κ3) is 3.75. The lowest BCUT2D eigenvalue weighted by Gasteiger charge is -2.13. The number of halogens is 1. The molecular weight excluding hydrogens is 381 g/mol. The minimum Gasteiger partial charge on any atom is -0.320 e. The van der Waals surface area contributed by atoms with Crippen LogP contribution in [0.1, 0.15) is 16.2 Å². The molecule has 0 saturated heterocycles. The zero-order valence-electron chi connectivity index (χ0n) is 16.2. The molecule has 5 nitrogen and oxygen atoms in total. The van der Waals surface area contributed by atoms with Crippen molar-refractivity contribution in [3.8, 4) is 16.8 Å². The number of carbonyl (C=O) groups excluding carboxylic acids is 1. The molecule has 0 fully saturated rings. The molecule has 0 aliphatic carbocycles. The minimum atomic E-state index is -0.659. The number of rotatable bonds is 4. The molecule has 148 valence electrons. The Labute approximate surface area is 172 Å². The Bertz CT molecular complexity index is 1280. The lowest BCUT2D eigenvalue weighted by Crippen LogP contribution is -2.27. The topological polar surface area (TPSA) is 64.0 Å². The van der Waals surface area contributed by atoms with E-state index in [1.165, 1.54) is 22.9 Å². The van der Waals surface area contributed by atoms with Gasteiger partial charge in [-0.15, -0.1) is 0 Å². The van der Waals surface area contributed by atoms with Gasteiger partial charge in [0.2, 0.25) is 5.43 Å². The van der Waals surface area contributed by atoms with Crippen molar-refractivity contribution >= 4 is 11.6 Å². The first-order valence-corrected chi connectivity index (χ1v) is 9.36. The van der Waals surface area contributed by atoms with Gasteiger partial charge in [0.05, 0.1) is 0 Å². The molecule has 30 heavy (non-hydrogen) atoms. The van der Waals surface area contributed by atoms with Crippen LogP contribution in [0.2, 0.25) is 0 Å². The van der Waals surface area contributed by atoms with Crippen molar-refractivity contribution in [3.05, 3.63) is 112 Å². The molecule has 0 unspecified atom stereocenters. The van der Waals surface area contributed by atoms with Crippen LogP contribution in [0.15, 0.2) is 89.7 Å². The molecule has 1 aromatic heterocycles. The van der Waals surface area contributed by atoms with E-state index in [4.69, 9.17) is 0 Å². The van der Waals surface area contributed by atoms with Crippen LogP contribution >= 0.6 is 0 Å². The van der Waals surface area contributed by atoms with Crippen LogP contribution < -0.4 is 10.7 Å². The molecular formula is C24H18FN3O2. The van der Waals surface area contributed by atoms with Gasteiger partial charge < -0.3 is 5.32 Å². The second-order valence-electron chi connectivity index (χ2n) is 6.73. The molecule has 0 spiro atoms. The smallest absolute Gasteiger partial charge is 0.280 e. The van der Waals surface area contributed by atoms with Crippen molar-refractivity contribution in [2.45, 2.75) is 6.92 Å². The molecule has 0 radical (unpaired) electrons. The SMILES string of the molecule is Cc1cc(=O)c(C(=O)Nc2ccccc2-c2ccccc2)nn1-c1ccccc1F. The Morgan fingerprint density at radius 3 is 2.37 bits per heavy atom. The number of aromatic nitrogens is 2. The van der Waals surface area contributed by atoms with Gasteiger partial charge in [0.1, 0.15) is 11.5 Å². The minimum absolute atomic E-state index is 0.161. The third-order valence-corrected chi connectivity index (χ3v) is 4.66. The van der Waals surface area contributed by atoms with Gasteiger partial charge in [0.25, 0.3) is 5.91 Å². The molecule has 0 aliphatic heterocycles. The van der Waals surface area contributed by atoms with Crippen LogP contribution in [0.3, 0.4) is 0 Å². The van der Waals surface area contributed by atoms with Crippen molar-refractivity contribution in [3.63, 3.8) is 0 Å². The highest BCUT2D eigenvalue weighted by molar-refractivity contribution is 6.05. The number of amides is 1. The number of nitrogens with zero attached hydrogens (tertiary/aromatic N) is 2. The molecule has 0 atom stereocenters. The summed E-state index contributed by atoms with van der Waals surface area (Å²) in [6.45, 7) is 1.63. The number of benzene rings is 3. The van der Waals surface area contributed by atoms with E-state index in [1.54, 1.807) is 31.2 Å². The fourth-order valence-corrected chi connectivity index (χ4v) is 3.22. The highest BCUT2D eigenvalue weighted by Crippen LogP contribution is 2.27. The first-order chi connectivity index (χ1) is 14.5. The summed E-state index contributed by atoms with van der Waals surface area (Å²) < 4.78 is 15.5. The van der Waals surface area contributed by atoms with Gasteiger partial charge in [0.15, 0.2) is 5.69 Å². The van der Waals surface area contributed by atoms with E-state index in [1.807, 2.05) is 42.5 Å². The highest BCUT2D eigenvalue weighted by atomic mass is 19.1. The van der Waals surface area contributed by atoms with Crippen molar-refractivity contribution in [2.75, 3.05) is 5.32 Å². The van der Waals surface area contributed by atoms with Crippen LogP contribution in [-0.4, -0.2) is 15.7 Å². The predicted molar refractivity (Wildman–Crippen MR) is 114 cm³/mol. The summed E-state index contributed by atoms with van der Waals surface area (Å²) in [5, 5.41) is 6.92. The molecule has 4 aromatic rings. The number of nitrogens with one attached hydrogen (secondary N) is 1. The van der Waals surface area contributed by atoms with Crippen molar-refractivity contribution in [1.29, 1.82) is 0 Å². The van der Waals surface area contributed by atoms with Gasteiger partial charge in [-0.05, 0) is 30.7 Å². The summed E-state index contributed by atoms with van der Waals surface area (Å²) in [5.41, 5.74) is 2.02. The number of aryl methyl sites for hydroxylation is 1. The van der Waals surface area contributed by atoms with Crippen LogP contribution in [0.5, 0.6) is 0 Å². The second-order valence-corrected chi connectivity index (χ2v) is 6.73. The summed E-state index contributed by atoms with van der Waals surface area (Å²) in [6.07, 6.45) is 0. The largest absolute Gasteiger partial charge is 0.320 e. The zero-order valence-corrected chi connectivity index (χ0v) is 16.2. The second kappa shape index (κ2) is 8.13. The van der Waals surface area contributed by atoms with Gasteiger partial charge in [-0.25, -0.2) is 9.07 Å². The van der Waals surface area contributed by atoms with Crippen LogP contribution in [0.25, 0.3) is 16.8 Å². The standard InChI is InChI=1S/C24H18FN3O2/c1-16-15-22(29)23(27-28(16)21-14-8-6-12-19(21)25)24(30)26-20-13-7-5-11-18(20)17-9-3-2-4-10-17/h2-15H,1H3,(H,26,30). The van der Waals surface area contributed by atoms with Crippen LogP contribution in [0, 0.1) is 12.7 Å². The molecule has 6 heteroatoms. The molecule has 0 bridgehead atoms. The molecule has 4 rings (SSSR count). The molecule has 1 N–H and O–H groups in total. The maximum Gasteiger partial charge on any atom is 0.280 e. The molecule has 3 aromatic carbocycles.